The van der Waals surface area contributed by atoms with Gasteiger partial charge in [-0.3, -0.25) is 9.59 Å². The Hall–Kier alpha value is -1.36. The molecule has 0 saturated heterocycles. The van der Waals surface area contributed by atoms with Crippen LogP contribution in [0.1, 0.15) is 46.0 Å². The molecule has 5 heteroatoms. The Morgan fingerprint density at radius 1 is 1.43 bits per heavy atom. The highest BCUT2D eigenvalue weighted by atomic mass is 16.5. The molecule has 0 spiro atoms. The van der Waals surface area contributed by atoms with Gasteiger partial charge in [0.25, 0.3) is 0 Å². The van der Waals surface area contributed by atoms with Crippen LogP contribution in [0.5, 0.6) is 0 Å². The minimum atomic E-state index is -0.154. The van der Waals surface area contributed by atoms with Gasteiger partial charge < -0.3 is 15.0 Å². The third-order valence-electron chi connectivity index (χ3n) is 4.12. The fourth-order valence-electron chi connectivity index (χ4n) is 3.02. The van der Waals surface area contributed by atoms with Crippen molar-refractivity contribution in [2.75, 3.05) is 33.8 Å². The van der Waals surface area contributed by atoms with E-state index in [0.717, 1.165) is 37.8 Å². The number of carbonyl (C=O) groups excluding carboxylic acids is 2. The Bertz CT molecular complexity index is 418. The molecule has 5 nitrogen and oxygen atoms in total. The fraction of sp³-hybridized carbons (Fsp3) is 0.778. The number of carbonyl (C=O) groups is 2. The minimum absolute atomic E-state index is 0.141. The van der Waals surface area contributed by atoms with E-state index in [2.05, 4.69) is 12.2 Å². The first-order valence-electron chi connectivity index (χ1n) is 8.75. The zero-order valence-corrected chi connectivity index (χ0v) is 15.1. The summed E-state index contributed by atoms with van der Waals surface area (Å²) in [6.45, 7) is 5.87. The number of Topliss-reactive ketones (excluding diaryl/α,β-unsaturated/α-hetero) is 1. The van der Waals surface area contributed by atoms with Crippen LogP contribution in [0.25, 0.3) is 0 Å². The van der Waals surface area contributed by atoms with E-state index in [-0.39, 0.29) is 23.6 Å². The molecule has 2 atom stereocenters. The van der Waals surface area contributed by atoms with Gasteiger partial charge in [0, 0.05) is 38.8 Å². The van der Waals surface area contributed by atoms with Crippen LogP contribution in [0.4, 0.5) is 0 Å². The Balaban J connectivity index is 2.59. The summed E-state index contributed by atoms with van der Waals surface area (Å²) in [5.41, 5.74) is 0.906. The molecule has 1 rings (SSSR count). The van der Waals surface area contributed by atoms with Crippen molar-refractivity contribution in [3.8, 4) is 0 Å². The molecule has 1 aliphatic carbocycles. The molecule has 0 amide bonds. The first kappa shape index (κ1) is 19.7. The standard InChI is InChI=1S/C18H32N2O3/c1-5-9-19-12-16(18(22)23-6-2)10-14-7-8-15(13-20(3)4)17(21)11-14/h13-14,16,19H,5-12H2,1-4H3/b15-13+/t14-,16?/m1/s1. The molecule has 0 aromatic rings. The van der Waals surface area contributed by atoms with E-state index in [1.54, 1.807) is 0 Å². The van der Waals surface area contributed by atoms with Crippen LogP contribution in [0.3, 0.4) is 0 Å². The summed E-state index contributed by atoms with van der Waals surface area (Å²) < 4.78 is 5.19. The van der Waals surface area contributed by atoms with Crippen molar-refractivity contribution < 1.29 is 14.3 Å². The first-order chi connectivity index (χ1) is 11.0. The maximum Gasteiger partial charge on any atom is 0.310 e. The Kier molecular flexibility index (Phi) is 8.92. The van der Waals surface area contributed by atoms with Gasteiger partial charge in [-0.25, -0.2) is 0 Å². The van der Waals surface area contributed by atoms with E-state index < -0.39 is 0 Å². The summed E-state index contributed by atoms with van der Waals surface area (Å²) in [5, 5.41) is 3.31. The molecule has 132 valence electrons. The van der Waals surface area contributed by atoms with Crippen molar-refractivity contribution in [1.29, 1.82) is 0 Å². The predicted octanol–water partition coefficient (Wildman–Crippen LogP) is 2.37. The number of hydrogen-bond donors (Lipinski definition) is 1. The predicted molar refractivity (Wildman–Crippen MR) is 92.0 cm³/mol. The molecule has 0 radical (unpaired) electrons. The van der Waals surface area contributed by atoms with Crippen LogP contribution >= 0.6 is 0 Å². The molecular weight excluding hydrogens is 292 g/mol. The third kappa shape index (κ3) is 7.16. The molecule has 0 bridgehead atoms. The van der Waals surface area contributed by atoms with Crippen LogP contribution in [-0.4, -0.2) is 50.4 Å². The van der Waals surface area contributed by atoms with Crippen molar-refractivity contribution >= 4 is 11.8 Å². The number of esters is 1. The van der Waals surface area contributed by atoms with Crippen LogP contribution < -0.4 is 5.32 Å². The molecular formula is C18H32N2O3. The van der Waals surface area contributed by atoms with Gasteiger partial charge >= 0.3 is 5.97 Å². The maximum atomic E-state index is 12.3. The van der Waals surface area contributed by atoms with E-state index in [1.807, 2.05) is 32.1 Å². The smallest absolute Gasteiger partial charge is 0.310 e. The number of allylic oxidation sites excluding steroid dienone is 1. The molecule has 1 fully saturated rings. The highest BCUT2D eigenvalue weighted by Gasteiger charge is 2.29. The molecule has 1 N–H and O–H groups in total. The van der Waals surface area contributed by atoms with Gasteiger partial charge in [0.15, 0.2) is 5.78 Å². The quantitative estimate of drug-likeness (QED) is 0.401. The van der Waals surface area contributed by atoms with Crippen molar-refractivity contribution in [2.24, 2.45) is 11.8 Å². The maximum absolute atomic E-state index is 12.3. The first-order valence-corrected chi connectivity index (χ1v) is 8.75. The van der Waals surface area contributed by atoms with Crippen LogP contribution in [-0.2, 0) is 14.3 Å². The second-order valence-corrected chi connectivity index (χ2v) is 6.54. The average Bonchev–Trinajstić information content (AvgIpc) is 2.49. The van der Waals surface area contributed by atoms with Crippen LogP contribution in [0, 0.1) is 11.8 Å². The average molecular weight is 324 g/mol. The Labute approximate surface area is 140 Å². The summed E-state index contributed by atoms with van der Waals surface area (Å²) in [6.07, 6.45) is 6.01. The van der Waals surface area contributed by atoms with Gasteiger partial charge in [-0.05, 0) is 45.1 Å². The molecule has 0 aliphatic heterocycles. The second kappa shape index (κ2) is 10.4. The van der Waals surface area contributed by atoms with E-state index in [9.17, 15) is 9.59 Å². The molecule has 0 aromatic heterocycles. The highest BCUT2D eigenvalue weighted by molar-refractivity contribution is 5.96. The second-order valence-electron chi connectivity index (χ2n) is 6.54. The van der Waals surface area contributed by atoms with E-state index in [1.165, 1.54) is 0 Å². The Morgan fingerprint density at radius 2 is 2.17 bits per heavy atom. The molecule has 1 saturated carbocycles. The summed E-state index contributed by atoms with van der Waals surface area (Å²) in [6, 6.07) is 0. The number of ketones is 1. The Morgan fingerprint density at radius 3 is 2.74 bits per heavy atom. The van der Waals surface area contributed by atoms with Crippen LogP contribution in [0.2, 0.25) is 0 Å². The summed E-state index contributed by atoms with van der Waals surface area (Å²) >= 11 is 0. The van der Waals surface area contributed by atoms with Gasteiger partial charge in [0.1, 0.15) is 0 Å². The monoisotopic (exact) mass is 324 g/mol. The molecule has 1 unspecified atom stereocenters. The summed E-state index contributed by atoms with van der Waals surface area (Å²) in [4.78, 5) is 26.3. The zero-order chi connectivity index (χ0) is 17.2. The topological polar surface area (TPSA) is 58.6 Å². The lowest BCUT2D eigenvalue weighted by molar-refractivity contribution is -0.148. The minimum Gasteiger partial charge on any atom is -0.466 e. The van der Waals surface area contributed by atoms with Crippen molar-refractivity contribution in [2.45, 2.75) is 46.0 Å². The third-order valence-corrected chi connectivity index (χ3v) is 4.12. The fourth-order valence-corrected chi connectivity index (χ4v) is 3.02. The van der Waals surface area contributed by atoms with Gasteiger partial charge in [0.05, 0.1) is 12.5 Å². The van der Waals surface area contributed by atoms with Crippen molar-refractivity contribution in [3.63, 3.8) is 0 Å². The van der Waals surface area contributed by atoms with Crippen LogP contribution in [0.15, 0.2) is 11.8 Å². The molecule has 23 heavy (non-hydrogen) atoms. The lowest BCUT2D eigenvalue weighted by Crippen LogP contribution is -2.33. The molecule has 0 heterocycles. The van der Waals surface area contributed by atoms with Gasteiger partial charge in [0.2, 0.25) is 0 Å². The number of nitrogens with zero attached hydrogens (tertiary/aromatic N) is 1. The number of ether oxygens (including phenoxy) is 1. The number of rotatable bonds is 9. The van der Waals surface area contributed by atoms with E-state index in [4.69, 9.17) is 4.74 Å². The van der Waals surface area contributed by atoms with Crippen molar-refractivity contribution in [3.05, 3.63) is 11.8 Å². The largest absolute Gasteiger partial charge is 0.466 e. The number of nitrogens with one attached hydrogen (secondary N) is 1. The summed E-state index contributed by atoms with van der Waals surface area (Å²) in [5.74, 6) is 0.204. The SMILES string of the molecule is CCCNCC(C[C@H]1CC/C(=C\N(C)C)C(=O)C1)C(=O)OCC. The van der Waals surface area contributed by atoms with Crippen molar-refractivity contribution in [1.82, 2.24) is 10.2 Å². The normalized spacial score (nSPS) is 21.3. The van der Waals surface area contributed by atoms with Gasteiger partial charge in [-0.2, -0.15) is 0 Å². The van der Waals surface area contributed by atoms with Gasteiger partial charge in [-0.15, -0.1) is 0 Å². The summed E-state index contributed by atoms with van der Waals surface area (Å²) in [7, 11) is 3.87. The zero-order valence-electron chi connectivity index (χ0n) is 15.1. The molecule has 0 aromatic carbocycles. The number of hydrogen-bond acceptors (Lipinski definition) is 5. The van der Waals surface area contributed by atoms with E-state index in [0.29, 0.717) is 19.6 Å². The molecule has 1 aliphatic rings. The highest BCUT2D eigenvalue weighted by Crippen LogP contribution is 2.30. The lowest BCUT2D eigenvalue weighted by atomic mass is 9.80. The van der Waals surface area contributed by atoms with E-state index >= 15 is 0 Å². The lowest BCUT2D eigenvalue weighted by Gasteiger charge is -2.27. The van der Waals surface area contributed by atoms with Gasteiger partial charge in [-0.1, -0.05) is 6.92 Å².